The van der Waals surface area contributed by atoms with Crippen LogP contribution in [0, 0.1) is 0 Å². The van der Waals surface area contributed by atoms with Crippen molar-refractivity contribution in [2.75, 3.05) is 13.1 Å². The highest BCUT2D eigenvalue weighted by Gasteiger charge is 2.31. The van der Waals surface area contributed by atoms with Gasteiger partial charge in [0.1, 0.15) is 6.10 Å². The van der Waals surface area contributed by atoms with Crippen LogP contribution in [0.3, 0.4) is 0 Å². The fourth-order valence-electron chi connectivity index (χ4n) is 4.71. The summed E-state index contributed by atoms with van der Waals surface area (Å²) in [5.74, 6) is 0. The lowest BCUT2D eigenvalue weighted by Gasteiger charge is -2.32. The maximum atomic E-state index is 12.9. The highest BCUT2D eigenvalue weighted by atomic mass is 16.6. The number of hydrogen-bond acceptors (Lipinski definition) is 6. The minimum absolute atomic E-state index is 0.00456. The molecule has 9 nitrogen and oxygen atoms in total. The van der Waals surface area contributed by atoms with E-state index in [1.807, 2.05) is 18.2 Å². The van der Waals surface area contributed by atoms with Gasteiger partial charge in [-0.3, -0.25) is 14.5 Å². The number of aromatic nitrogens is 4. The van der Waals surface area contributed by atoms with Gasteiger partial charge in [-0.05, 0) is 50.3 Å². The van der Waals surface area contributed by atoms with Crippen molar-refractivity contribution >= 4 is 17.3 Å². The van der Waals surface area contributed by atoms with E-state index in [1.54, 1.807) is 27.9 Å². The van der Waals surface area contributed by atoms with E-state index < -0.39 is 12.2 Å². The van der Waals surface area contributed by atoms with Crippen LogP contribution in [0.1, 0.15) is 61.6 Å². The number of H-pyrrole nitrogens is 1. The van der Waals surface area contributed by atoms with E-state index in [0.29, 0.717) is 50.1 Å². The smallest absolute Gasteiger partial charge is 0.410 e. The van der Waals surface area contributed by atoms with Crippen LogP contribution in [0.15, 0.2) is 41.5 Å². The SMILES string of the molecule is O=C(O[C@@H]1CCC[C@H](O)c2cccnc21)N1CCC(n2c(=O)[nH]c3ncccc32)CC1. The van der Waals surface area contributed by atoms with Crippen LogP contribution >= 0.6 is 0 Å². The van der Waals surface area contributed by atoms with Crippen molar-refractivity contribution in [3.8, 4) is 0 Å². The summed E-state index contributed by atoms with van der Waals surface area (Å²) in [4.78, 5) is 38.4. The zero-order valence-electron chi connectivity index (χ0n) is 17.1. The van der Waals surface area contributed by atoms with Gasteiger partial charge in [0.25, 0.3) is 0 Å². The third-order valence-electron chi connectivity index (χ3n) is 6.30. The van der Waals surface area contributed by atoms with Gasteiger partial charge in [0.15, 0.2) is 5.65 Å². The van der Waals surface area contributed by atoms with E-state index in [-0.39, 0.29) is 17.8 Å². The van der Waals surface area contributed by atoms with Crippen LogP contribution in [-0.4, -0.2) is 48.7 Å². The van der Waals surface area contributed by atoms with E-state index in [9.17, 15) is 14.7 Å². The predicted molar refractivity (Wildman–Crippen MR) is 112 cm³/mol. The minimum atomic E-state index is -0.577. The molecule has 0 aromatic carbocycles. The third-order valence-corrected chi connectivity index (χ3v) is 6.30. The van der Waals surface area contributed by atoms with Crippen molar-refractivity contribution in [3.05, 3.63) is 58.4 Å². The van der Waals surface area contributed by atoms with E-state index in [0.717, 1.165) is 17.5 Å². The van der Waals surface area contributed by atoms with Crippen molar-refractivity contribution in [3.63, 3.8) is 0 Å². The highest BCUT2D eigenvalue weighted by Crippen LogP contribution is 2.35. The topological polar surface area (TPSA) is 113 Å². The Labute approximate surface area is 178 Å². The molecule has 0 bridgehead atoms. The maximum absolute atomic E-state index is 12.9. The molecule has 5 rings (SSSR count). The number of aliphatic hydroxyl groups excluding tert-OH is 1. The number of likely N-dealkylation sites (tertiary alicyclic amines) is 1. The van der Waals surface area contributed by atoms with E-state index >= 15 is 0 Å². The molecule has 3 aromatic rings. The molecule has 2 N–H and O–H groups in total. The molecule has 4 heterocycles. The molecule has 0 spiro atoms. The van der Waals surface area contributed by atoms with Crippen molar-refractivity contribution in [2.24, 2.45) is 0 Å². The van der Waals surface area contributed by atoms with Gasteiger partial charge in [-0.15, -0.1) is 0 Å². The molecule has 162 valence electrons. The molecule has 31 heavy (non-hydrogen) atoms. The van der Waals surface area contributed by atoms with Crippen molar-refractivity contribution in [1.82, 2.24) is 24.4 Å². The molecule has 9 heteroatoms. The molecule has 0 saturated carbocycles. The Balaban J connectivity index is 1.27. The first-order chi connectivity index (χ1) is 15.1. The standard InChI is InChI=1S/C22H25N5O4/c28-17-6-1-7-18(19-15(17)4-2-10-23-19)31-22(30)26-12-8-14(9-13-26)27-16-5-3-11-24-20(16)25-21(27)29/h2-5,10-11,14,17-18,28H,1,6-9,12-13H2,(H,24,25,29)/t17-,18+/m0/s1. The largest absolute Gasteiger partial charge is 0.440 e. The Kier molecular flexibility index (Phi) is 5.19. The molecule has 3 aromatic heterocycles. The molecule has 0 radical (unpaired) electrons. The first-order valence-corrected chi connectivity index (χ1v) is 10.8. The summed E-state index contributed by atoms with van der Waals surface area (Å²) in [7, 11) is 0. The number of imidazole rings is 1. The number of fused-ring (bicyclic) bond motifs is 2. The quantitative estimate of drug-likeness (QED) is 0.613. The lowest BCUT2D eigenvalue weighted by Crippen LogP contribution is -2.41. The molecular weight excluding hydrogens is 398 g/mol. The van der Waals surface area contributed by atoms with Gasteiger partial charge in [-0.25, -0.2) is 14.6 Å². The monoisotopic (exact) mass is 423 g/mol. The number of nitrogens with zero attached hydrogens (tertiary/aromatic N) is 4. The van der Waals surface area contributed by atoms with E-state index in [4.69, 9.17) is 4.74 Å². The average Bonchev–Trinajstić information content (AvgIpc) is 3.05. The molecule has 1 fully saturated rings. The fraction of sp³-hybridized carbons (Fsp3) is 0.455. The third kappa shape index (κ3) is 3.69. The number of amides is 1. The Hall–Kier alpha value is -3.20. The van der Waals surface area contributed by atoms with Gasteiger partial charge in [0.05, 0.1) is 17.3 Å². The van der Waals surface area contributed by atoms with Crippen LogP contribution in [0.25, 0.3) is 11.2 Å². The zero-order valence-corrected chi connectivity index (χ0v) is 17.1. The predicted octanol–water partition coefficient (Wildman–Crippen LogP) is 2.85. The number of carbonyl (C=O) groups excluding carboxylic acids is 1. The summed E-state index contributed by atoms with van der Waals surface area (Å²) >= 11 is 0. The lowest BCUT2D eigenvalue weighted by molar-refractivity contribution is 0.0476. The van der Waals surface area contributed by atoms with E-state index in [2.05, 4.69) is 15.0 Å². The molecule has 2 atom stereocenters. The highest BCUT2D eigenvalue weighted by molar-refractivity contribution is 5.70. The molecule has 1 aliphatic heterocycles. The van der Waals surface area contributed by atoms with Crippen molar-refractivity contribution in [2.45, 2.75) is 50.4 Å². The van der Waals surface area contributed by atoms with Crippen LogP contribution in [0.4, 0.5) is 4.79 Å². The van der Waals surface area contributed by atoms with Crippen molar-refractivity contribution < 1.29 is 14.6 Å². The first kappa shape index (κ1) is 19.7. The van der Waals surface area contributed by atoms with Gasteiger partial charge in [-0.1, -0.05) is 6.07 Å². The number of ether oxygens (including phenoxy) is 1. The summed E-state index contributed by atoms with van der Waals surface area (Å²) in [6.07, 6.45) is 5.27. The number of hydrogen-bond donors (Lipinski definition) is 2. The van der Waals surface area contributed by atoms with Crippen LogP contribution in [-0.2, 0) is 4.74 Å². The van der Waals surface area contributed by atoms with Crippen LogP contribution < -0.4 is 5.69 Å². The Bertz CT molecular complexity index is 1150. The Morgan fingerprint density at radius 3 is 2.71 bits per heavy atom. The summed E-state index contributed by atoms with van der Waals surface area (Å²) < 4.78 is 7.58. The summed E-state index contributed by atoms with van der Waals surface area (Å²) in [5, 5.41) is 10.3. The van der Waals surface area contributed by atoms with Gasteiger partial charge < -0.3 is 14.7 Å². The number of carbonyl (C=O) groups is 1. The number of aliphatic hydroxyl groups is 1. The summed E-state index contributed by atoms with van der Waals surface area (Å²) in [5.41, 5.74) is 2.58. The molecule has 0 unspecified atom stereocenters. The molecule has 1 saturated heterocycles. The second-order valence-corrected chi connectivity index (χ2v) is 8.19. The Morgan fingerprint density at radius 2 is 1.87 bits per heavy atom. The second kappa shape index (κ2) is 8.14. The zero-order chi connectivity index (χ0) is 21.4. The average molecular weight is 423 g/mol. The minimum Gasteiger partial charge on any atom is -0.440 e. The molecule has 1 aliphatic carbocycles. The number of aromatic amines is 1. The number of rotatable bonds is 2. The van der Waals surface area contributed by atoms with E-state index in [1.165, 1.54) is 0 Å². The lowest BCUT2D eigenvalue weighted by atomic mass is 10.0. The van der Waals surface area contributed by atoms with Crippen molar-refractivity contribution in [1.29, 1.82) is 0 Å². The maximum Gasteiger partial charge on any atom is 0.410 e. The first-order valence-electron chi connectivity index (χ1n) is 10.8. The van der Waals surface area contributed by atoms with Gasteiger partial charge in [-0.2, -0.15) is 0 Å². The number of piperidine rings is 1. The Morgan fingerprint density at radius 1 is 1.10 bits per heavy atom. The number of nitrogens with one attached hydrogen (secondary N) is 1. The number of pyridine rings is 2. The molecule has 1 amide bonds. The van der Waals surface area contributed by atoms with Crippen LogP contribution in [0.2, 0.25) is 0 Å². The fourth-order valence-corrected chi connectivity index (χ4v) is 4.71. The normalized spacial score (nSPS) is 22.2. The van der Waals surface area contributed by atoms with Gasteiger partial charge >= 0.3 is 11.8 Å². The van der Waals surface area contributed by atoms with Gasteiger partial charge in [0.2, 0.25) is 0 Å². The summed E-state index contributed by atoms with van der Waals surface area (Å²) in [6.45, 7) is 1.01. The van der Waals surface area contributed by atoms with Crippen LogP contribution in [0.5, 0.6) is 0 Å². The van der Waals surface area contributed by atoms with Gasteiger partial charge in [0, 0.05) is 37.1 Å². The molecule has 2 aliphatic rings. The molecular formula is C22H25N5O4. The summed E-state index contributed by atoms with van der Waals surface area (Å²) in [6, 6.07) is 7.34. The second-order valence-electron chi connectivity index (χ2n) is 8.19.